The zero-order chi connectivity index (χ0) is 14.3. The zero-order valence-electron chi connectivity index (χ0n) is 13.2. The second-order valence-corrected chi connectivity index (χ2v) is 5.83. The molecular formula is C17H24N2. The molecule has 1 saturated carbocycles. The minimum atomic E-state index is -0.327. The minimum absolute atomic E-state index is 0.327. The van der Waals surface area contributed by atoms with Crippen LogP contribution in [0.2, 0.25) is 0 Å². The normalized spacial score (nSPS) is 25.4. The first-order valence-electron chi connectivity index (χ1n) is 7.89. The predicted molar refractivity (Wildman–Crippen MR) is 80.9 cm³/mol. The topological polar surface area (TPSA) is 6.48 Å². The summed E-state index contributed by atoms with van der Waals surface area (Å²) in [6, 6.07) is 8.39. The number of para-hydroxylation sites is 1. The zero-order valence-corrected chi connectivity index (χ0v) is 12.2. The van der Waals surface area contributed by atoms with E-state index in [1.54, 1.807) is 0 Å². The lowest BCUT2D eigenvalue weighted by Crippen LogP contribution is -2.25. The van der Waals surface area contributed by atoms with Gasteiger partial charge in [-0.1, -0.05) is 31.0 Å². The molecule has 1 unspecified atom stereocenters. The Morgan fingerprint density at radius 2 is 1.84 bits per heavy atom. The number of hydrogen-bond donors (Lipinski definition) is 0. The van der Waals surface area contributed by atoms with Crippen LogP contribution in [0.15, 0.2) is 35.7 Å². The van der Waals surface area contributed by atoms with E-state index in [0.29, 0.717) is 5.92 Å². The monoisotopic (exact) mass is 257 g/mol. The van der Waals surface area contributed by atoms with E-state index in [1.807, 2.05) is 0 Å². The minimum Gasteiger partial charge on any atom is -0.358 e. The van der Waals surface area contributed by atoms with Crippen LogP contribution in [0, 0.1) is 12.8 Å². The van der Waals surface area contributed by atoms with Gasteiger partial charge in [-0.2, -0.15) is 0 Å². The van der Waals surface area contributed by atoms with E-state index in [2.05, 4.69) is 55.0 Å². The van der Waals surface area contributed by atoms with Gasteiger partial charge in [0.2, 0.25) is 0 Å². The third-order valence-electron chi connectivity index (χ3n) is 4.52. The smallest absolute Gasteiger partial charge is 0.0944 e. The molecule has 2 nitrogen and oxygen atoms in total. The second-order valence-electron chi connectivity index (χ2n) is 5.83. The van der Waals surface area contributed by atoms with Crippen molar-refractivity contribution in [3.63, 3.8) is 0 Å². The van der Waals surface area contributed by atoms with E-state index in [-0.39, 0.29) is 6.64 Å². The maximum atomic E-state index is 8.56. The fourth-order valence-corrected chi connectivity index (χ4v) is 3.56. The van der Waals surface area contributed by atoms with Crippen LogP contribution in [0.4, 0.5) is 5.69 Å². The SMILES string of the molecule is [2H]C1N(C)C(C2CCCC2)=C(C)N1c1ccccc1C. The maximum absolute atomic E-state index is 8.56. The van der Waals surface area contributed by atoms with Crippen molar-refractivity contribution in [2.45, 2.75) is 39.5 Å². The van der Waals surface area contributed by atoms with Crippen LogP contribution in [0.3, 0.4) is 0 Å². The molecule has 1 fully saturated rings. The molecule has 19 heavy (non-hydrogen) atoms. The van der Waals surface area contributed by atoms with Crippen LogP contribution in [-0.4, -0.2) is 18.6 Å². The fourth-order valence-electron chi connectivity index (χ4n) is 3.56. The Balaban J connectivity index is 2.01. The molecule has 1 aliphatic carbocycles. The van der Waals surface area contributed by atoms with Gasteiger partial charge < -0.3 is 9.80 Å². The van der Waals surface area contributed by atoms with Gasteiger partial charge in [0.05, 0.1) is 8.02 Å². The average Bonchev–Trinajstić information content (AvgIpc) is 3.01. The number of rotatable bonds is 2. The molecule has 2 heteroatoms. The first-order valence-corrected chi connectivity index (χ1v) is 7.32. The van der Waals surface area contributed by atoms with Gasteiger partial charge in [0, 0.05) is 30.0 Å². The van der Waals surface area contributed by atoms with Crippen molar-refractivity contribution in [2.75, 3.05) is 18.6 Å². The Morgan fingerprint density at radius 3 is 2.53 bits per heavy atom. The summed E-state index contributed by atoms with van der Waals surface area (Å²) < 4.78 is 8.56. The second kappa shape index (κ2) is 4.92. The molecule has 1 aromatic carbocycles. The lowest BCUT2D eigenvalue weighted by atomic mass is 10.0. The summed E-state index contributed by atoms with van der Waals surface area (Å²) in [5.74, 6) is 0.655. The Labute approximate surface area is 118 Å². The Kier molecular flexibility index (Phi) is 2.95. The predicted octanol–water partition coefficient (Wildman–Crippen LogP) is 4.13. The van der Waals surface area contributed by atoms with Crippen molar-refractivity contribution in [3.8, 4) is 0 Å². The molecule has 0 spiro atoms. The maximum Gasteiger partial charge on any atom is 0.0944 e. The first kappa shape index (κ1) is 11.4. The number of benzene rings is 1. The van der Waals surface area contributed by atoms with Gasteiger partial charge >= 0.3 is 0 Å². The lowest BCUT2D eigenvalue weighted by Gasteiger charge is -2.23. The highest BCUT2D eigenvalue weighted by Crippen LogP contribution is 2.39. The van der Waals surface area contributed by atoms with E-state index in [0.717, 1.165) is 0 Å². The Hall–Kier alpha value is -1.44. The van der Waals surface area contributed by atoms with Crippen LogP contribution < -0.4 is 4.90 Å². The standard InChI is InChI=1S/C17H24N2/c1-13-8-4-7-11-16(13)19-12-18(3)17(14(19)2)15-9-5-6-10-15/h4,7-8,11,15H,5-6,9-10,12H2,1-3H3/i12D. The summed E-state index contributed by atoms with van der Waals surface area (Å²) in [6.07, 6.45) is 5.24. The van der Waals surface area contributed by atoms with E-state index in [4.69, 9.17) is 1.37 Å². The summed E-state index contributed by atoms with van der Waals surface area (Å²) in [5, 5.41) is 0. The van der Waals surface area contributed by atoms with Crippen molar-refractivity contribution in [1.82, 2.24) is 4.90 Å². The first-order chi connectivity index (χ1) is 9.61. The molecule has 1 heterocycles. The molecule has 1 aromatic rings. The van der Waals surface area contributed by atoms with Gasteiger partial charge in [0.15, 0.2) is 0 Å². The van der Waals surface area contributed by atoms with E-state index in [1.165, 1.54) is 48.3 Å². The summed E-state index contributed by atoms with van der Waals surface area (Å²) in [6.45, 7) is 3.99. The molecule has 3 rings (SSSR count). The molecule has 0 bridgehead atoms. The van der Waals surface area contributed by atoms with Gasteiger partial charge in [-0.25, -0.2) is 0 Å². The molecule has 2 aliphatic rings. The molecule has 0 aromatic heterocycles. The fraction of sp³-hybridized carbons (Fsp3) is 0.529. The summed E-state index contributed by atoms with van der Waals surface area (Å²) in [4.78, 5) is 4.35. The average molecular weight is 257 g/mol. The van der Waals surface area contributed by atoms with Crippen molar-refractivity contribution < 1.29 is 1.37 Å². The van der Waals surface area contributed by atoms with Gasteiger partial charge in [-0.3, -0.25) is 0 Å². The van der Waals surface area contributed by atoms with Gasteiger partial charge in [-0.05, 0) is 38.3 Å². The van der Waals surface area contributed by atoms with Crippen LogP contribution >= 0.6 is 0 Å². The molecule has 1 aliphatic heterocycles. The van der Waals surface area contributed by atoms with E-state index >= 15 is 0 Å². The van der Waals surface area contributed by atoms with Crippen LogP contribution in [0.5, 0.6) is 0 Å². The molecule has 0 N–H and O–H groups in total. The van der Waals surface area contributed by atoms with E-state index < -0.39 is 0 Å². The van der Waals surface area contributed by atoms with Crippen LogP contribution in [0.1, 0.15) is 39.5 Å². The summed E-state index contributed by atoms with van der Waals surface area (Å²) in [5.41, 5.74) is 5.08. The highest BCUT2D eigenvalue weighted by Gasteiger charge is 2.31. The largest absolute Gasteiger partial charge is 0.358 e. The molecule has 0 radical (unpaired) electrons. The quantitative estimate of drug-likeness (QED) is 0.786. The van der Waals surface area contributed by atoms with Crippen molar-refractivity contribution in [3.05, 3.63) is 41.2 Å². The highest BCUT2D eigenvalue weighted by molar-refractivity contribution is 5.59. The highest BCUT2D eigenvalue weighted by atomic mass is 15.4. The van der Waals surface area contributed by atoms with Gasteiger partial charge in [0.1, 0.15) is 0 Å². The van der Waals surface area contributed by atoms with E-state index in [9.17, 15) is 0 Å². The van der Waals surface area contributed by atoms with Crippen molar-refractivity contribution >= 4 is 5.69 Å². The summed E-state index contributed by atoms with van der Waals surface area (Å²) in [7, 11) is 2.08. The molecule has 0 saturated heterocycles. The lowest BCUT2D eigenvalue weighted by molar-refractivity contribution is 0.392. The Bertz CT molecular complexity index is 532. The summed E-state index contributed by atoms with van der Waals surface area (Å²) >= 11 is 0. The number of allylic oxidation sites excluding steroid dienone is 2. The van der Waals surface area contributed by atoms with Crippen molar-refractivity contribution in [1.29, 1.82) is 0 Å². The number of hydrogen-bond acceptors (Lipinski definition) is 2. The molecule has 0 amide bonds. The van der Waals surface area contributed by atoms with Crippen LogP contribution in [-0.2, 0) is 0 Å². The van der Waals surface area contributed by atoms with Crippen LogP contribution in [0.25, 0.3) is 0 Å². The molecule has 102 valence electrons. The Morgan fingerprint density at radius 1 is 1.16 bits per heavy atom. The third kappa shape index (κ3) is 2.13. The van der Waals surface area contributed by atoms with Crippen molar-refractivity contribution in [2.24, 2.45) is 5.92 Å². The molecular weight excluding hydrogens is 232 g/mol. The number of aryl methyl sites for hydroxylation is 1. The van der Waals surface area contributed by atoms with Gasteiger partial charge in [0.25, 0.3) is 0 Å². The number of anilines is 1. The molecule has 1 atom stereocenters. The number of nitrogens with zero attached hydrogens (tertiary/aromatic N) is 2. The third-order valence-corrected chi connectivity index (χ3v) is 4.52. The van der Waals surface area contributed by atoms with Gasteiger partial charge in [-0.15, -0.1) is 0 Å².